The number of aliphatic carboxylic acids is 1. The number of carbonyl (C=O) groups excluding carboxylic acids is 2. The number of carbonyl (C=O) groups is 3. The van der Waals surface area contributed by atoms with Gasteiger partial charge in [0.15, 0.2) is 0 Å². The summed E-state index contributed by atoms with van der Waals surface area (Å²) in [4.78, 5) is 33.2. The van der Waals surface area contributed by atoms with E-state index in [0.717, 1.165) is 12.6 Å². The van der Waals surface area contributed by atoms with Crippen LogP contribution in [0.2, 0.25) is 0 Å². The van der Waals surface area contributed by atoms with E-state index >= 15 is 0 Å². The topological polar surface area (TPSA) is 94.8 Å². The first-order chi connectivity index (χ1) is 11.3. The van der Waals surface area contributed by atoms with E-state index in [4.69, 9.17) is 19.4 Å². The van der Waals surface area contributed by atoms with Crippen molar-refractivity contribution < 1.29 is 29.0 Å². The Morgan fingerprint density at radius 3 is 1.83 bits per heavy atom. The van der Waals surface area contributed by atoms with Gasteiger partial charge in [-0.25, -0.2) is 9.59 Å². The largest absolute Gasteiger partial charge is 0.481 e. The minimum Gasteiger partial charge on any atom is -0.481 e. The van der Waals surface area contributed by atoms with Crippen LogP contribution in [0.25, 0.3) is 0 Å². The van der Waals surface area contributed by atoms with E-state index in [9.17, 15) is 9.59 Å². The summed E-state index contributed by atoms with van der Waals surface area (Å²) in [5.41, 5.74) is 2.42. The van der Waals surface area contributed by atoms with Crippen molar-refractivity contribution >= 4 is 17.9 Å². The number of hydrogen-bond acceptors (Lipinski definition) is 5. The molecule has 0 spiro atoms. The fourth-order valence-corrected chi connectivity index (χ4v) is 2.46. The number of carboxylic acids is 1. The van der Waals surface area contributed by atoms with Gasteiger partial charge in [0.2, 0.25) is 0 Å². The van der Waals surface area contributed by atoms with E-state index in [0.29, 0.717) is 43.0 Å². The molecule has 0 saturated carbocycles. The zero-order valence-corrected chi connectivity index (χ0v) is 15.3. The zero-order valence-electron chi connectivity index (χ0n) is 15.3. The minimum absolute atomic E-state index is 0.309. The Hall–Kier alpha value is -2.31. The lowest BCUT2D eigenvalue weighted by molar-refractivity contribution is -0.134. The maximum absolute atomic E-state index is 12.1. The number of ether oxygens (including phenoxy) is 2. The van der Waals surface area contributed by atoms with Crippen molar-refractivity contribution in [2.24, 2.45) is 0 Å². The molecule has 0 aliphatic carbocycles. The molecule has 0 bridgehead atoms. The van der Waals surface area contributed by atoms with Crippen molar-refractivity contribution in [3.8, 4) is 0 Å². The molecule has 0 aromatic carbocycles. The van der Waals surface area contributed by atoms with Crippen molar-refractivity contribution in [1.82, 2.24) is 4.57 Å². The first kappa shape index (κ1) is 21.7. The monoisotopic (exact) mass is 341 g/mol. The number of aromatic nitrogens is 1. The molecule has 0 radical (unpaired) electrons. The van der Waals surface area contributed by atoms with Crippen LogP contribution in [0.15, 0.2) is 0 Å². The molecule has 1 N–H and O–H groups in total. The fraction of sp³-hybridized carbons (Fsp3) is 0.588. The van der Waals surface area contributed by atoms with E-state index in [1.165, 1.54) is 0 Å². The van der Waals surface area contributed by atoms with Gasteiger partial charge in [-0.05, 0) is 39.7 Å². The lowest BCUT2D eigenvalue weighted by atomic mass is 10.1. The van der Waals surface area contributed by atoms with Crippen LogP contribution in [0.3, 0.4) is 0 Å². The molecule has 0 saturated heterocycles. The van der Waals surface area contributed by atoms with Crippen LogP contribution in [-0.4, -0.2) is 40.8 Å². The van der Waals surface area contributed by atoms with Crippen LogP contribution in [0.4, 0.5) is 0 Å². The number of carboxylic acid groups (broad SMARTS) is 1. The first-order valence-electron chi connectivity index (χ1n) is 8.02. The molecule has 1 heterocycles. The van der Waals surface area contributed by atoms with Crippen molar-refractivity contribution in [3.63, 3.8) is 0 Å². The van der Waals surface area contributed by atoms with Crippen molar-refractivity contribution in [1.29, 1.82) is 0 Å². The molecule has 136 valence electrons. The quantitative estimate of drug-likeness (QED) is 0.800. The summed E-state index contributed by atoms with van der Waals surface area (Å²) in [6.07, 6.45) is 0.655. The van der Waals surface area contributed by atoms with Gasteiger partial charge in [0.25, 0.3) is 5.97 Å². The van der Waals surface area contributed by atoms with Crippen molar-refractivity contribution in [3.05, 3.63) is 22.5 Å². The molecular weight excluding hydrogens is 314 g/mol. The lowest BCUT2D eigenvalue weighted by Gasteiger charge is -2.10. The SMILES string of the molecule is CC(=O)O.CCOC(=O)c1c(C)c(C(=O)OCC)n(CC)c1CC. The molecule has 7 nitrogen and oxygen atoms in total. The zero-order chi connectivity index (χ0) is 18.9. The minimum atomic E-state index is -0.833. The molecule has 0 fully saturated rings. The highest BCUT2D eigenvalue weighted by Crippen LogP contribution is 2.25. The Labute approximate surface area is 142 Å². The fourth-order valence-electron chi connectivity index (χ4n) is 2.46. The summed E-state index contributed by atoms with van der Waals surface area (Å²) in [5.74, 6) is -1.60. The molecule has 1 aromatic rings. The number of hydrogen-bond donors (Lipinski definition) is 1. The highest BCUT2D eigenvalue weighted by molar-refractivity contribution is 5.99. The second-order valence-electron chi connectivity index (χ2n) is 4.85. The second-order valence-corrected chi connectivity index (χ2v) is 4.85. The Morgan fingerprint density at radius 2 is 1.46 bits per heavy atom. The van der Waals surface area contributed by atoms with E-state index in [1.54, 1.807) is 20.8 Å². The molecule has 1 rings (SSSR count). The third kappa shape index (κ3) is 5.40. The summed E-state index contributed by atoms with van der Waals surface area (Å²) in [7, 11) is 0. The molecular formula is C17H27NO6. The van der Waals surface area contributed by atoms with Crippen molar-refractivity contribution in [2.45, 2.75) is 54.5 Å². The molecule has 0 aliphatic heterocycles. The average Bonchev–Trinajstić information content (AvgIpc) is 2.78. The van der Waals surface area contributed by atoms with Gasteiger partial charge in [-0.15, -0.1) is 0 Å². The summed E-state index contributed by atoms with van der Waals surface area (Å²) < 4.78 is 12.0. The number of nitrogens with zero attached hydrogens (tertiary/aromatic N) is 1. The Bertz CT molecular complexity index is 541. The predicted molar refractivity (Wildman–Crippen MR) is 89.4 cm³/mol. The number of esters is 2. The van der Waals surface area contributed by atoms with E-state index < -0.39 is 11.9 Å². The van der Waals surface area contributed by atoms with Crippen LogP contribution < -0.4 is 0 Å². The average molecular weight is 341 g/mol. The summed E-state index contributed by atoms with van der Waals surface area (Å²) in [6, 6.07) is 0. The Morgan fingerprint density at radius 1 is 1.00 bits per heavy atom. The van der Waals surface area contributed by atoms with E-state index in [2.05, 4.69) is 0 Å². The van der Waals surface area contributed by atoms with E-state index in [-0.39, 0.29) is 5.97 Å². The lowest BCUT2D eigenvalue weighted by Crippen LogP contribution is -2.14. The molecule has 7 heteroatoms. The van der Waals surface area contributed by atoms with Gasteiger partial charge in [-0.1, -0.05) is 6.92 Å². The standard InChI is InChI=1S/C15H23NO4.C2H4O2/c1-6-11-12(14(17)19-8-3)10(5)13(16(11)7-2)15(18)20-9-4;1-2(3)4/h6-9H2,1-5H3;1H3,(H,3,4). The normalized spacial score (nSPS) is 9.75. The van der Waals surface area contributed by atoms with Gasteiger partial charge in [-0.3, -0.25) is 4.79 Å². The third-order valence-electron chi connectivity index (χ3n) is 3.21. The second kappa shape index (κ2) is 10.5. The van der Waals surface area contributed by atoms with Crippen LogP contribution in [0, 0.1) is 6.92 Å². The van der Waals surface area contributed by atoms with Gasteiger partial charge in [0.05, 0.1) is 18.8 Å². The third-order valence-corrected chi connectivity index (χ3v) is 3.21. The highest BCUT2D eigenvalue weighted by atomic mass is 16.5. The predicted octanol–water partition coefficient (Wildman–Crippen LogP) is 2.82. The highest BCUT2D eigenvalue weighted by Gasteiger charge is 2.28. The summed E-state index contributed by atoms with van der Waals surface area (Å²) in [6.45, 7) is 11.5. The maximum atomic E-state index is 12.1. The smallest absolute Gasteiger partial charge is 0.355 e. The Balaban J connectivity index is 0.00000118. The molecule has 1 aromatic heterocycles. The van der Waals surface area contributed by atoms with Gasteiger partial charge in [0.1, 0.15) is 5.69 Å². The van der Waals surface area contributed by atoms with Gasteiger partial charge < -0.3 is 19.1 Å². The molecule has 24 heavy (non-hydrogen) atoms. The van der Waals surface area contributed by atoms with Gasteiger partial charge in [-0.2, -0.15) is 0 Å². The van der Waals surface area contributed by atoms with Crippen LogP contribution >= 0.6 is 0 Å². The molecule has 0 amide bonds. The molecule has 0 unspecified atom stereocenters. The first-order valence-corrected chi connectivity index (χ1v) is 8.02. The molecule has 0 aliphatic rings. The van der Waals surface area contributed by atoms with Crippen molar-refractivity contribution in [2.75, 3.05) is 13.2 Å². The maximum Gasteiger partial charge on any atom is 0.355 e. The van der Waals surface area contributed by atoms with Gasteiger partial charge in [0, 0.05) is 19.2 Å². The Kier molecular flexibility index (Phi) is 9.45. The van der Waals surface area contributed by atoms with Crippen LogP contribution in [0.1, 0.15) is 66.7 Å². The number of rotatable bonds is 6. The van der Waals surface area contributed by atoms with Crippen LogP contribution in [-0.2, 0) is 27.2 Å². The van der Waals surface area contributed by atoms with Gasteiger partial charge >= 0.3 is 11.9 Å². The summed E-state index contributed by atoms with van der Waals surface area (Å²) in [5, 5.41) is 7.42. The molecule has 0 atom stereocenters. The van der Waals surface area contributed by atoms with Crippen LogP contribution in [0.5, 0.6) is 0 Å². The summed E-state index contributed by atoms with van der Waals surface area (Å²) >= 11 is 0. The van der Waals surface area contributed by atoms with E-state index in [1.807, 2.05) is 18.4 Å².